The van der Waals surface area contributed by atoms with Crippen molar-refractivity contribution in [2.45, 2.75) is 12.8 Å². The largest absolute Gasteiger partial charge is 0.492 e. The predicted molar refractivity (Wildman–Crippen MR) is 88.8 cm³/mol. The van der Waals surface area contributed by atoms with Crippen molar-refractivity contribution in [2.24, 2.45) is 13.0 Å². The molecule has 1 aliphatic heterocycles. The number of piperidine rings is 1. The maximum Gasteiger partial charge on any atom is 0.274 e. The zero-order chi connectivity index (χ0) is 16.2. The van der Waals surface area contributed by atoms with Gasteiger partial charge < -0.3 is 14.2 Å². The number of amides is 1. The van der Waals surface area contributed by atoms with Gasteiger partial charge in [0.05, 0.1) is 18.0 Å². The van der Waals surface area contributed by atoms with Crippen LogP contribution in [0.4, 0.5) is 0 Å². The topological polar surface area (TPSA) is 47.4 Å². The van der Waals surface area contributed by atoms with Gasteiger partial charge in [0.15, 0.2) is 0 Å². The molecule has 122 valence electrons. The van der Waals surface area contributed by atoms with Gasteiger partial charge >= 0.3 is 0 Å². The van der Waals surface area contributed by atoms with Crippen LogP contribution in [0.3, 0.4) is 0 Å². The first-order valence-corrected chi connectivity index (χ1v) is 8.16. The van der Waals surface area contributed by atoms with Crippen LogP contribution >= 0.6 is 11.6 Å². The molecule has 0 bridgehead atoms. The molecule has 0 N–H and O–H groups in total. The van der Waals surface area contributed by atoms with Crippen molar-refractivity contribution >= 4 is 17.5 Å². The molecule has 0 aliphatic carbocycles. The van der Waals surface area contributed by atoms with E-state index in [-0.39, 0.29) is 5.91 Å². The van der Waals surface area contributed by atoms with E-state index < -0.39 is 0 Å². The molecule has 0 saturated carbocycles. The highest BCUT2D eigenvalue weighted by Crippen LogP contribution is 2.25. The summed E-state index contributed by atoms with van der Waals surface area (Å²) in [6.45, 7) is 2.04. The minimum atomic E-state index is -0.00644. The highest BCUT2D eigenvalue weighted by molar-refractivity contribution is 6.32. The third-order valence-electron chi connectivity index (χ3n) is 4.04. The standard InChI is InChI=1S/C17H20ClN3O2/c1-20-10-15(19-12-20)17(22)21-8-4-5-13(9-21)11-23-16-7-3-2-6-14(16)18/h2-3,6-7,10,12-13H,4-5,8-9,11H2,1H3/t13-/m0/s1. The maximum atomic E-state index is 12.5. The fourth-order valence-corrected chi connectivity index (χ4v) is 3.03. The number of rotatable bonds is 4. The van der Waals surface area contributed by atoms with E-state index in [1.54, 1.807) is 17.1 Å². The van der Waals surface area contributed by atoms with Crippen molar-refractivity contribution < 1.29 is 9.53 Å². The van der Waals surface area contributed by atoms with Crippen LogP contribution < -0.4 is 4.74 Å². The Morgan fingerprint density at radius 1 is 1.43 bits per heavy atom. The van der Waals surface area contributed by atoms with E-state index in [9.17, 15) is 4.79 Å². The molecule has 1 aromatic carbocycles. The first-order valence-electron chi connectivity index (χ1n) is 7.78. The molecule has 5 nitrogen and oxygen atoms in total. The fraction of sp³-hybridized carbons (Fsp3) is 0.412. The second kappa shape index (κ2) is 7.04. The number of aromatic nitrogens is 2. The average molecular weight is 334 g/mol. The number of ether oxygens (including phenoxy) is 1. The van der Waals surface area contributed by atoms with E-state index in [2.05, 4.69) is 4.98 Å². The van der Waals surface area contributed by atoms with Crippen molar-refractivity contribution in [2.75, 3.05) is 19.7 Å². The van der Waals surface area contributed by atoms with Crippen molar-refractivity contribution in [3.63, 3.8) is 0 Å². The van der Waals surface area contributed by atoms with E-state index in [1.807, 2.05) is 36.2 Å². The molecule has 1 aliphatic rings. The third-order valence-corrected chi connectivity index (χ3v) is 4.35. The molecule has 1 aromatic heterocycles. The predicted octanol–water partition coefficient (Wildman–Crippen LogP) is 3.00. The van der Waals surface area contributed by atoms with Crippen LogP contribution in [0, 0.1) is 5.92 Å². The van der Waals surface area contributed by atoms with Crippen LogP contribution in [0.1, 0.15) is 23.3 Å². The van der Waals surface area contributed by atoms with E-state index in [0.29, 0.717) is 35.5 Å². The molecule has 6 heteroatoms. The molecule has 23 heavy (non-hydrogen) atoms. The number of imidazole rings is 1. The first kappa shape index (κ1) is 15.9. The number of benzene rings is 1. The number of likely N-dealkylation sites (tertiary alicyclic amines) is 1. The highest BCUT2D eigenvalue weighted by Gasteiger charge is 2.26. The number of hydrogen-bond acceptors (Lipinski definition) is 3. The third kappa shape index (κ3) is 3.85. The number of hydrogen-bond donors (Lipinski definition) is 0. The zero-order valence-electron chi connectivity index (χ0n) is 13.1. The quantitative estimate of drug-likeness (QED) is 0.864. The second-order valence-corrected chi connectivity index (χ2v) is 6.33. The van der Waals surface area contributed by atoms with Crippen LogP contribution in [0.25, 0.3) is 0 Å². The lowest BCUT2D eigenvalue weighted by Gasteiger charge is -2.32. The Labute approximate surface area is 140 Å². The van der Waals surface area contributed by atoms with E-state index in [0.717, 1.165) is 19.4 Å². The molecule has 1 amide bonds. The summed E-state index contributed by atoms with van der Waals surface area (Å²) in [4.78, 5) is 18.5. The molecule has 0 radical (unpaired) electrons. The van der Waals surface area contributed by atoms with Gasteiger partial charge in [0.1, 0.15) is 11.4 Å². The van der Waals surface area contributed by atoms with Gasteiger partial charge in [-0.2, -0.15) is 0 Å². The first-order chi connectivity index (χ1) is 11.1. The normalized spacial score (nSPS) is 18.0. The van der Waals surface area contributed by atoms with Crippen molar-refractivity contribution in [1.82, 2.24) is 14.5 Å². The Hall–Kier alpha value is -2.01. The molecule has 3 rings (SSSR count). The van der Waals surface area contributed by atoms with E-state index >= 15 is 0 Å². The Morgan fingerprint density at radius 3 is 3.00 bits per heavy atom. The lowest BCUT2D eigenvalue weighted by atomic mass is 9.98. The number of para-hydroxylation sites is 1. The number of nitrogens with zero attached hydrogens (tertiary/aromatic N) is 3. The number of aryl methyl sites for hydroxylation is 1. The lowest BCUT2D eigenvalue weighted by Crippen LogP contribution is -2.41. The van der Waals surface area contributed by atoms with Gasteiger partial charge in [-0.3, -0.25) is 4.79 Å². The summed E-state index contributed by atoms with van der Waals surface area (Å²) in [5.41, 5.74) is 0.500. The number of carbonyl (C=O) groups is 1. The van der Waals surface area contributed by atoms with Crippen LogP contribution in [0.2, 0.25) is 5.02 Å². The summed E-state index contributed by atoms with van der Waals surface area (Å²) in [5, 5.41) is 0.615. The molecule has 1 atom stereocenters. The van der Waals surface area contributed by atoms with Gasteiger partial charge in [-0.05, 0) is 25.0 Å². The van der Waals surface area contributed by atoms with Gasteiger partial charge in [0.2, 0.25) is 0 Å². The SMILES string of the molecule is Cn1cnc(C(=O)N2CCC[C@H](COc3ccccc3Cl)C2)c1. The van der Waals surface area contributed by atoms with Gasteiger partial charge in [0.25, 0.3) is 5.91 Å². The van der Waals surface area contributed by atoms with Gasteiger partial charge in [-0.1, -0.05) is 23.7 Å². The van der Waals surface area contributed by atoms with Gasteiger partial charge in [-0.15, -0.1) is 0 Å². The van der Waals surface area contributed by atoms with Crippen molar-refractivity contribution in [3.05, 3.63) is 47.5 Å². The van der Waals surface area contributed by atoms with Gasteiger partial charge in [-0.25, -0.2) is 4.98 Å². The number of carbonyl (C=O) groups excluding carboxylic acids is 1. The van der Waals surface area contributed by atoms with Gasteiger partial charge in [0, 0.05) is 32.3 Å². The lowest BCUT2D eigenvalue weighted by molar-refractivity contribution is 0.0628. The minimum Gasteiger partial charge on any atom is -0.492 e. The summed E-state index contributed by atoms with van der Waals surface area (Å²) >= 11 is 6.10. The molecule has 0 spiro atoms. The van der Waals surface area contributed by atoms with Crippen LogP contribution in [-0.2, 0) is 7.05 Å². The smallest absolute Gasteiger partial charge is 0.274 e. The zero-order valence-corrected chi connectivity index (χ0v) is 13.9. The second-order valence-electron chi connectivity index (χ2n) is 5.93. The maximum absolute atomic E-state index is 12.5. The molecule has 1 fully saturated rings. The Kier molecular flexibility index (Phi) is 4.86. The Morgan fingerprint density at radius 2 is 2.26 bits per heavy atom. The molecule has 1 saturated heterocycles. The molecular formula is C17H20ClN3O2. The van der Waals surface area contributed by atoms with Crippen LogP contribution in [0.15, 0.2) is 36.8 Å². The van der Waals surface area contributed by atoms with E-state index in [4.69, 9.17) is 16.3 Å². The molecule has 2 aromatic rings. The summed E-state index contributed by atoms with van der Waals surface area (Å²) in [7, 11) is 1.86. The molecule has 2 heterocycles. The average Bonchev–Trinajstić information content (AvgIpc) is 3.00. The van der Waals surface area contributed by atoms with Crippen LogP contribution in [0.5, 0.6) is 5.75 Å². The summed E-state index contributed by atoms with van der Waals surface area (Å²) in [6.07, 6.45) is 5.44. The van der Waals surface area contributed by atoms with Crippen LogP contribution in [-0.4, -0.2) is 40.1 Å². The summed E-state index contributed by atoms with van der Waals surface area (Å²) < 4.78 is 7.61. The van der Waals surface area contributed by atoms with Crippen molar-refractivity contribution in [1.29, 1.82) is 0 Å². The molecule has 0 unspecified atom stereocenters. The molecular weight excluding hydrogens is 314 g/mol. The Bertz CT molecular complexity index is 686. The summed E-state index contributed by atoms with van der Waals surface area (Å²) in [5.74, 6) is 1.00. The van der Waals surface area contributed by atoms with E-state index in [1.165, 1.54) is 0 Å². The number of halogens is 1. The highest BCUT2D eigenvalue weighted by atomic mass is 35.5. The fourth-order valence-electron chi connectivity index (χ4n) is 2.84. The Balaban J connectivity index is 1.58. The van der Waals surface area contributed by atoms with Crippen molar-refractivity contribution in [3.8, 4) is 5.75 Å². The monoisotopic (exact) mass is 333 g/mol. The minimum absolute atomic E-state index is 0.00644. The summed E-state index contributed by atoms with van der Waals surface area (Å²) in [6, 6.07) is 7.46.